The summed E-state index contributed by atoms with van der Waals surface area (Å²) in [6, 6.07) is 5.98. The van der Waals surface area contributed by atoms with Crippen molar-refractivity contribution in [3.05, 3.63) is 23.9 Å². The van der Waals surface area contributed by atoms with Crippen LogP contribution in [0.3, 0.4) is 0 Å². The molecule has 0 amide bonds. The number of rotatable bonds is 3. The van der Waals surface area contributed by atoms with Gasteiger partial charge in [-0.3, -0.25) is 0 Å². The summed E-state index contributed by atoms with van der Waals surface area (Å²) in [4.78, 5) is 0. The molecule has 102 valence electrons. The van der Waals surface area contributed by atoms with Crippen LogP contribution in [0.5, 0.6) is 11.6 Å². The normalized spacial score (nSPS) is 14.9. The first-order valence-electron chi connectivity index (χ1n) is 6.85. The van der Waals surface area contributed by atoms with Gasteiger partial charge in [-0.05, 0) is 12.0 Å². The quantitative estimate of drug-likeness (QED) is 0.891. The van der Waals surface area contributed by atoms with E-state index in [0.717, 1.165) is 41.9 Å². The maximum absolute atomic E-state index is 10.4. The topological polar surface area (TPSA) is 46.4 Å². The molecule has 1 aromatic heterocycles. The molecule has 2 N–H and O–H groups in total. The SMILES string of the molecule is CC(C)COc1cccc2c3n(c(O)c12)CCNC3. The second kappa shape index (κ2) is 4.78. The van der Waals surface area contributed by atoms with Crippen LogP contribution in [0.2, 0.25) is 0 Å². The predicted octanol–water partition coefficient (Wildman–Crippen LogP) is 2.48. The van der Waals surface area contributed by atoms with E-state index in [4.69, 9.17) is 4.74 Å². The summed E-state index contributed by atoms with van der Waals surface area (Å²) < 4.78 is 7.84. The number of nitrogens with one attached hydrogen (secondary N) is 1. The Kier molecular flexibility index (Phi) is 3.11. The van der Waals surface area contributed by atoms with Crippen molar-refractivity contribution >= 4 is 10.8 Å². The van der Waals surface area contributed by atoms with Crippen molar-refractivity contribution in [3.8, 4) is 11.6 Å². The van der Waals surface area contributed by atoms with Crippen molar-refractivity contribution in [1.29, 1.82) is 0 Å². The van der Waals surface area contributed by atoms with Crippen molar-refractivity contribution in [2.45, 2.75) is 26.9 Å². The molecule has 0 fully saturated rings. The Labute approximate surface area is 113 Å². The predicted molar refractivity (Wildman–Crippen MR) is 75.6 cm³/mol. The molecular formula is C15H20N2O2. The van der Waals surface area contributed by atoms with E-state index in [9.17, 15) is 5.11 Å². The molecule has 2 heterocycles. The third kappa shape index (κ3) is 2.06. The van der Waals surface area contributed by atoms with Crippen molar-refractivity contribution in [2.75, 3.05) is 13.2 Å². The number of benzene rings is 1. The Morgan fingerprint density at radius 1 is 1.42 bits per heavy atom. The molecule has 0 saturated heterocycles. The number of nitrogens with zero attached hydrogens (tertiary/aromatic N) is 1. The van der Waals surface area contributed by atoms with Crippen LogP contribution in [0.25, 0.3) is 10.8 Å². The number of aromatic nitrogens is 1. The lowest BCUT2D eigenvalue weighted by molar-refractivity contribution is 0.273. The van der Waals surface area contributed by atoms with Gasteiger partial charge in [-0.25, -0.2) is 0 Å². The molecule has 0 radical (unpaired) electrons. The van der Waals surface area contributed by atoms with E-state index < -0.39 is 0 Å². The molecule has 1 aliphatic heterocycles. The van der Waals surface area contributed by atoms with Crippen LogP contribution in [0.15, 0.2) is 18.2 Å². The molecule has 0 aliphatic carbocycles. The Balaban J connectivity index is 2.11. The molecule has 0 bridgehead atoms. The largest absolute Gasteiger partial charge is 0.494 e. The highest BCUT2D eigenvalue weighted by Gasteiger charge is 2.21. The lowest BCUT2D eigenvalue weighted by atomic mass is 10.1. The molecular weight excluding hydrogens is 240 g/mol. The molecule has 2 aromatic rings. The van der Waals surface area contributed by atoms with Crippen molar-refractivity contribution in [3.63, 3.8) is 0 Å². The first kappa shape index (κ1) is 12.4. The van der Waals surface area contributed by atoms with Gasteiger partial charge in [0.25, 0.3) is 0 Å². The van der Waals surface area contributed by atoms with Crippen molar-refractivity contribution in [2.24, 2.45) is 5.92 Å². The molecule has 0 spiro atoms. The number of hydrogen-bond acceptors (Lipinski definition) is 3. The standard InChI is InChI=1S/C15H20N2O2/c1-10(2)9-19-13-5-3-4-11-12-8-16-6-7-17(12)15(18)14(11)13/h3-5,10,16,18H,6-9H2,1-2H3. The van der Waals surface area contributed by atoms with Gasteiger partial charge in [0.1, 0.15) is 5.75 Å². The molecule has 4 heteroatoms. The molecule has 0 unspecified atom stereocenters. The van der Waals surface area contributed by atoms with Gasteiger partial charge in [-0.1, -0.05) is 26.0 Å². The molecule has 1 aliphatic rings. The maximum Gasteiger partial charge on any atom is 0.203 e. The summed E-state index contributed by atoms with van der Waals surface area (Å²) in [7, 11) is 0. The number of ether oxygens (including phenoxy) is 1. The monoisotopic (exact) mass is 260 g/mol. The zero-order chi connectivity index (χ0) is 13.4. The minimum Gasteiger partial charge on any atom is -0.494 e. The molecule has 0 atom stereocenters. The Bertz CT molecular complexity index is 602. The fourth-order valence-electron chi connectivity index (χ4n) is 2.62. The van der Waals surface area contributed by atoms with E-state index in [1.807, 2.05) is 16.7 Å². The lowest BCUT2D eigenvalue weighted by Crippen LogP contribution is -2.27. The molecule has 1 aromatic carbocycles. The summed E-state index contributed by atoms with van der Waals surface area (Å²) in [5, 5.41) is 15.7. The van der Waals surface area contributed by atoms with Crippen LogP contribution in [0.1, 0.15) is 19.5 Å². The smallest absolute Gasteiger partial charge is 0.203 e. The maximum atomic E-state index is 10.4. The van der Waals surface area contributed by atoms with E-state index in [1.165, 1.54) is 0 Å². The summed E-state index contributed by atoms with van der Waals surface area (Å²) in [6.07, 6.45) is 0. The molecule has 3 rings (SSSR count). The minimum absolute atomic E-state index is 0.339. The van der Waals surface area contributed by atoms with E-state index in [2.05, 4.69) is 25.2 Å². The van der Waals surface area contributed by atoms with Crippen LogP contribution >= 0.6 is 0 Å². The van der Waals surface area contributed by atoms with E-state index in [0.29, 0.717) is 18.4 Å². The first-order valence-corrected chi connectivity index (χ1v) is 6.85. The zero-order valence-corrected chi connectivity index (χ0v) is 11.4. The summed E-state index contributed by atoms with van der Waals surface area (Å²) in [6.45, 7) is 7.40. The van der Waals surface area contributed by atoms with Gasteiger partial charge in [0.05, 0.1) is 12.0 Å². The fraction of sp³-hybridized carbons (Fsp3) is 0.467. The Morgan fingerprint density at radius 2 is 2.26 bits per heavy atom. The zero-order valence-electron chi connectivity index (χ0n) is 11.4. The third-order valence-corrected chi connectivity index (χ3v) is 3.52. The highest BCUT2D eigenvalue weighted by molar-refractivity contribution is 5.96. The van der Waals surface area contributed by atoms with Gasteiger partial charge in [-0.2, -0.15) is 0 Å². The van der Waals surface area contributed by atoms with E-state index >= 15 is 0 Å². The number of hydrogen-bond donors (Lipinski definition) is 2. The highest BCUT2D eigenvalue weighted by Crippen LogP contribution is 2.38. The lowest BCUT2D eigenvalue weighted by Gasteiger charge is -2.16. The molecule has 0 saturated carbocycles. The van der Waals surface area contributed by atoms with Gasteiger partial charge >= 0.3 is 0 Å². The molecule has 19 heavy (non-hydrogen) atoms. The van der Waals surface area contributed by atoms with Gasteiger partial charge in [-0.15, -0.1) is 0 Å². The number of fused-ring (bicyclic) bond motifs is 3. The number of aromatic hydroxyl groups is 1. The van der Waals surface area contributed by atoms with Crippen LogP contribution in [-0.4, -0.2) is 22.8 Å². The average Bonchev–Trinajstić information content (AvgIpc) is 2.71. The van der Waals surface area contributed by atoms with Crippen LogP contribution < -0.4 is 10.1 Å². The van der Waals surface area contributed by atoms with Crippen LogP contribution in [-0.2, 0) is 13.1 Å². The van der Waals surface area contributed by atoms with Gasteiger partial charge in [0.15, 0.2) is 0 Å². The summed E-state index contributed by atoms with van der Waals surface area (Å²) in [5.41, 5.74) is 1.15. The van der Waals surface area contributed by atoms with Gasteiger partial charge in [0, 0.05) is 30.7 Å². The van der Waals surface area contributed by atoms with Crippen molar-refractivity contribution < 1.29 is 9.84 Å². The fourth-order valence-corrected chi connectivity index (χ4v) is 2.62. The van der Waals surface area contributed by atoms with Crippen molar-refractivity contribution in [1.82, 2.24) is 9.88 Å². The highest BCUT2D eigenvalue weighted by atomic mass is 16.5. The second-order valence-corrected chi connectivity index (χ2v) is 5.48. The average molecular weight is 260 g/mol. The third-order valence-electron chi connectivity index (χ3n) is 3.52. The Morgan fingerprint density at radius 3 is 3.05 bits per heavy atom. The Hall–Kier alpha value is -1.68. The van der Waals surface area contributed by atoms with E-state index in [-0.39, 0.29) is 0 Å². The molecule has 4 nitrogen and oxygen atoms in total. The second-order valence-electron chi connectivity index (χ2n) is 5.48. The van der Waals surface area contributed by atoms with Gasteiger partial charge in [0.2, 0.25) is 5.88 Å². The van der Waals surface area contributed by atoms with E-state index in [1.54, 1.807) is 0 Å². The van der Waals surface area contributed by atoms with Crippen LogP contribution in [0, 0.1) is 5.92 Å². The summed E-state index contributed by atoms with van der Waals surface area (Å²) >= 11 is 0. The van der Waals surface area contributed by atoms with Gasteiger partial charge < -0.3 is 19.7 Å². The minimum atomic E-state index is 0.339. The first-order chi connectivity index (χ1) is 9.18. The van der Waals surface area contributed by atoms with Crippen LogP contribution in [0.4, 0.5) is 0 Å². The summed E-state index contributed by atoms with van der Waals surface area (Å²) in [5.74, 6) is 1.59.